The molecule has 2 aliphatic heterocycles. The molecule has 3 aliphatic rings. The van der Waals surface area contributed by atoms with Crippen LogP contribution in [0.4, 0.5) is 0 Å². The highest BCUT2D eigenvalue weighted by Crippen LogP contribution is 2.44. The predicted octanol–water partition coefficient (Wildman–Crippen LogP) is 2.22. The summed E-state index contributed by atoms with van der Waals surface area (Å²) in [7, 11) is 0. The lowest BCUT2D eigenvalue weighted by atomic mass is 10.0. The molecule has 2 saturated heterocycles. The Morgan fingerprint density at radius 2 is 2.06 bits per heavy atom. The van der Waals surface area contributed by atoms with E-state index in [0.29, 0.717) is 24.0 Å². The van der Waals surface area contributed by atoms with Gasteiger partial charge >= 0.3 is 0 Å². The number of amides is 1. The first-order valence-corrected chi connectivity index (χ1v) is 8.46. The molecule has 3 rings (SSSR count). The quantitative estimate of drug-likeness (QED) is 0.852. The molecule has 3 fully saturated rings. The number of rotatable bonds is 3. The van der Waals surface area contributed by atoms with Crippen LogP contribution in [0, 0.1) is 5.92 Å². The minimum Gasteiger partial charge on any atom is -0.322 e. The summed E-state index contributed by atoms with van der Waals surface area (Å²) in [6, 6.07) is 0.495. The standard InChI is InChI=1S/C14H24N2OS/c1-10(2)9-12-15-14(5-6-14)13(17)16(12)11-3-7-18-8-4-11/h10-12,15H,3-9H2,1-2H3. The van der Waals surface area contributed by atoms with Gasteiger partial charge in [0, 0.05) is 6.04 Å². The highest BCUT2D eigenvalue weighted by molar-refractivity contribution is 7.99. The largest absolute Gasteiger partial charge is 0.322 e. The monoisotopic (exact) mass is 268 g/mol. The Balaban J connectivity index is 1.76. The van der Waals surface area contributed by atoms with E-state index in [4.69, 9.17) is 0 Å². The van der Waals surface area contributed by atoms with E-state index in [1.807, 2.05) is 11.8 Å². The minimum atomic E-state index is -0.135. The number of thioether (sulfide) groups is 1. The zero-order valence-corrected chi connectivity index (χ0v) is 12.3. The number of carbonyl (C=O) groups excluding carboxylic acids is 1. The molecule has 1 unspecified atom stereocenters. The Morgan fingerprint density at radius 3 is 2.61 bits per heavy atom. The maximum absolute atomic E-state index is 12.6. The molecular weight excluding hydrogens is 244 g/mol. The van der Waals surface area contributed by atoms with Crippen LogP contribution in [-0.2, 0) is 4.79 Å². The third-order valence-electron chi connectivity index (χ3n) is 4.45. The van der Waals surface area contributed by atoms with Crippen LogP contribution in [0.2, 0.25) is 0 Å². The van der Waals surface area contributed by atoms with Crippen LogP contribution in [0.5, 0.6) is 0 Å². The van der Waals surface area contributed by atoms with Crippen LogP contribution in [0.25, 0.3) is 0 Å². The van der Waals surface area contributed by atoms with Gasteiger partial charge in [0.2, 0.25) is 5.91 Å². The van der Waals surface area contributed by atoms with Crippen molar-refractivity contribution in [3.63, 3.8) is 0 Å². The number of nitrogens with one attached hydrogen (secondary N) is 1. The van der Waals surface area contributed by atoms with Crippen LogP contribution >= 0.6 is 11.8 Å². The van der Waals surface area contributed by atoms with Crippen LogP contribution in [0.1, 0.15) is 46.0 Å². The third-order valence-corrected chi connectivity index (χ3v) is 5.50. The van der Waals surface area contributed by atoms with Crippen molar-refractivity contribution in [3.8, 4) is 0 Å². The molecule has 3 nitrogen and oxygen atoms in total. The third kappa shape index (κ3) is 2.18. The minimum absolute atomic E-state index is 0.135. The summed E-state index contributed by atoms with van der Waals surface area (Å²) in [6.45, 7) is 4.50. The fourth-order valence-corrected chi connectivity index (χ4v) is 4.41. The van der Waals surface area contributed by atoms with Gasteiger partial charge in [0.25, 0.3) is 0 Å². The van der Waals surface area contributed by atoms with Crippen LogP contribution in [0.15, 0.2) is 0 Å². The van der Waals surface area contributed by atoms with E-state index in [1.165, 1.54) is 24.3 Å². The molecule has 2 heterocycles. The van der Waals surface area contributed by atoms with Gasteiger partial charge in [-0.2, -0.15) is 11.8 Å². The molecule has 102 valence electrons. The first kappa shape index (κ1) is 12.8. The van der Waals surface area contributed by atoms with E-state index >= 15 is 0 Å². The van der Waals surface area contributed by atoms with Crippen molar-refractivity contribution in [2.24, 2.45) is 5.92 Å². The van der Waals surface area contributed by atoms with Crippen molar-refractivity contribution < 1.29 is 4.79 Å². The van der Waals surface area contributed by atoms with E-state index < -0.39 is 0 Å². The Hall–Kier alpha value is -0.220. The predicted molar refractivity (Wildman–Crippen MR) is 75.5 cm³/mol. The Bertz CT molecular complexity index is 335. The van der Waals surface area contributed by atoms with Crippen molar-refractivity contribution in [1.29, 1.82) is 0 Å². The molecule has 0 radical (unpaired) electrons. The van der Waals surface area contributed by atoms with Crippen molar-refractivity contribution in [2.75, 3.05) is 11.5 Å². The van der Waals surface area contributed by atoms with Gasteiger partial charge in [-0.3, -0.25) is 10.1 Å². The SMILES string of the molecule is CC(C)CC1NC2(CC2)C(=O)N1C1CCSCC1. The average Bonchev–Trinajstić information content (AvgIpc) is 3.05. The zero-order chi connectivity index (χ0) is 12.8. The topological polar surface area (TPSA) is 32.3 Å². The number of carbonyl (C=O) groups is 1. The first-order valence-electron chi connectivity index (χ1n) is 7.30. The maximum atomic E-state index is 12.6. The molecule has 1 aliphatic carbocycles. The van der Waals surface area contributed by atoms with Crippen LogP contribution in [0.3, 0.4) is 0 Å². The summed E-state index contributed by atoms with van der Waals surface area (Å²) in [5.41, 5.74) is -0.135. The second-order valence-electron chi connectivity index (χ2n) is 6.43. The highest BCUT2D eigenvalue weighted by atomic mass is 32.2. The Kier molecular flexibility index (Phi) is 3.35. The molecular formula is C14H24N2OS. The summed E-state index contributed by atoms with van der Waals surface area (Å²) in [5, 5.41) is 3.64. The summed E-state index contributed by atoms with van der Waals surface area (Å²) < 4.78 is 0. The van der Waals surface area contributed by atoms with Gasteiger partial charge in [0.1, 0.15) is 0 Å². The van der Waals surface area contributed by atoms with Crippen molar-refractivity contribution >= 4 is 17.7 Å². The molecule has 1 spiro atoms. The van der Waals surface area contributed by atoms with Crippen molar-refractivity contribution in [3.05, 3.63) is 0 Å². The molecule has 0 aromatic carbocycles. The van der Waals surface area contributed by atoms with Gasteiger partial charge in [-0.25, -0.2) is 0 Å². The number of hydrogen-bond acceptors (Lipinski definition) is 3. The smallest absolute Gasteiger partial charge is 0.244 e. The molecule has 1 saturated carbocycles. The lowest BCUT2D eigenvalue weighted by Gasteiger charge is -2.35. The van der Waals surface area contributed by atoms with Gasteiger partial charge in [-0.15, -0.1) is 0 Å². The molecule has 0 aromatic rings. The second-order valence-corrected chi connectivity index (χ2v) is 7.65. The van der Waals surface area contributed by atoms with E-state index in [9.17, 15) is 4.79 Å². The van der Waals surface area contributed by atoms with E-state index in [-0.39, 0.29) is 5.54 Å². The lowest BCUT2D eigenvalue weighted by molar-refractivity contribution is -0.133. The molecule has 1 amide bonds. The van der Waals surface area contributed by atoms with Gasteiger partial charge < -0.3 is 4.90 Å². The second kappa shape index (κ2) is 4.71. The number of hydrogen-bond donors (Lipinski definition) is 1. The molecule has 1 atom stereocenters. The van der Waals surface area contributed by atoms with E-state index in [2.05, 4.69) is 24.1 Å². The molecule has 0 bridgehead atoms. The molecule has 4 heteroatoms. The van der Waals surface area contributed by atoms with Crippen molar-refractivity contribution in [1.82, 2.24) is 10.2 Å². The molecule has 0 aromatic heterocycles. The van der Waals surface area contributed by atoms with E-state index in [1.54, 1.807) is 0 Å². The average molecular weight is 268 g/mol. The Morgan fingerprint density at radius 1 is 1.39 bits per heavy atom. The van der Waals surface area contributed by atoms with Gasteiger partial charge in [0.05, 0.1) is 11.7 Å². The normalized spacial score (nSPS) is 31.6. The summed E-state index contributed by atoms with van der Waals surface area (Å²) >= 11 is 2.03. The van der Waals surface area contributed by atoms with Gasteiger partial charge in [0.15, 0.2) is 0 Å². The highest BCUT2D eigenvalue weighted by Gasteiger charge is 2.60. The molecule has 1 N–H and O–H groups in total. The number of nitrogens with zero attached hydrogens (tertiary/aromatic N) is 1. The van der Waals surface area contributed by atoms with E-state index in [0.717, 1.165) is 19.3 Å². The first-order chi connectivity index (χ1) is 8.62. The molecule has 18 heavy (non-hydrogen) atoms. The fourth-order valence-electron chi connectivity index (χ4n) is 3.32. The Labute approximate surface area is 114 Å². The summed E-state index contributed by atoms with van der Waals surface area (Å²) in [4.78, 5) is 14.9. The van der Waals surface area contributed by atoms with Crippen LogP contribution < -0.4 is 5.32 Å². The van der Waals surface area contributed by atoms with Gasteiger partial charge in [-0.05, 0) is 49.5 Å². The van der Waals surface area contributed by atoms with Crippen LogP contribution in [-0.4, -0.2) is 40.1 Å². The van der Waals surface area contributed by atoms with Crippen molar-refractivity contribution in [2.45, 2.75) is 63.7 Å². The zero-order valence-electron chi connectivity index (χ0n) is 11.4. The lowest BCUT2D eigenvalue weighted by Crippen LogP contribution is -2.46. The summed E-state index contributed by atoms with van der Waals surface area (Å²) in [5.74, 6) is 3.49. The maximum Gasteiger partial charge on any atom is 0.244 e. The van der Waals surface area contributed by atoms with Gasteiger partial charge in [-0.1, -0.05) is 13.8 Å². The summed E-state index contributed by atoms with van der Waals surface area (Å²) in [6.07, 6.45) is 5.87. The fraction of sp³-hybridized carbons (Fsp3) is 0.929.